The normalized spacial score (nSPS) is 10.3. The molecule has 0 fully saturated rings. The number of para-hydroxylation sites is 1. The van der Waals surface area contributed by atoms with Crippen molar-refractivity contribution < 1.29 is 10.0 Å². The number of aromatic nitrogens is 1. The molecule has 0 atom stereocenters. The maximum absolute atomic E-state index is 11.3. The van der Waals surface area contributed by atoms with Gasteiger partial charge in [-0.1, -0.05) is 12.1 Å². The average molecular weight is 202 g/mol. The fourth-order valence-corrected chi connectivity index (χ4v) is 1.56. The second-order valence-electron chi connectivity index (χ2n) is 3.27. The first-order valence-electron chi connectivity index (χ1n) is 4.53. The number of fused-ring (bicyclic) bond motifs is 1. The molecule has 1 amide bonds. The van der Waals surface area contributed by atoms with Crippen LogP contribution in [0.1, 0.15) is 15.9 Å². The quantitative estimate of drug-likeness (QED) is 0.546. The summed E-state index contributed by atoms with van der Waals surface area (Å²) in [6, 6.07) is 7.16. The van der Waals surface area contributed by atoms with E-state index in [4.69, 9.17) is 5.21 Å². The van der Waals surface area contributed by atoms with Crippen molar-refractivity contribution >= 4 is 16.8 Å². The molecule has 2 N–H and O–H groups in total. The zero-order chi connectivity index (χ0) is 10.8. The molecule has 1 aromatic heterocycles. The van der Waals surface area contributed by atoms with Gasteiger partial charge in [0.25, 0.3) is 5.91 Å². The highest BCUT2D eigenvalue weighted by atomic mass is 16.5. The third-order valence-electron chi connectivity index (χ3n) is 2.34. The van der Waals surface area contributed by atoms with Crippen LogP contribution in [0.4, 0.5) is 0 Å². The molecule has 15 heavy (non-hydrogen) atoms. The standard InChI is InChI=1S/C11H10N2O2/c1-7-5-6-12-10-8(7)3-2-4-9(10)11(14)13-15/h2-6,15H,1H3,(H,13,14). The van der Waals surface area contributed by atoms with Gasteiger partial charge in [0, 0.05) is 11.6 Å². The lowest BCUT2D eigenvalue weighted by molar-refractivity contribution is 0.0708. The van der Waals surface area contributed by atoms with Crippen molar-refractivity contribution in [1.82, 2.24) is 10.5 Å². The molecule has 1 aromatic carbocycles. The van der Waals surface area contributed by atoms with E-state index in [1.54, 1.807) is 23.8 Å². The second-order valence-corrected chi connectivity index (χ2v) is 3.27. The van der Waals surface area contributed by atoms with Crippen molar-refractivity contribution in [3.05, 3.63) is 41.6 Å². The van der Waals surface area contributed by atoms with Crippen LogP contribution >= 0.6 is 0 Å². The molecule has 2 rings (SSSR count). The maximum atomic E-state index is 11.3. The van der Waals surface area contributed by atoms with Crippen molar-refractivity contribution in [3.8, 4) is 0 Å². The van der Waals surface area contributed by atoms with E-state index in [0.29, 0.717) is 11.1 Å². The molecule has 2 aromatic rings. The second kappa shape index (κ2) is 3.67. The van der Waals surface area contributed by atoms with Gasteiger partial charge in [0.15, 0.2) is 0 Å². The molecule has 0 spiro atoms. The van der Waals surface area contributed by atoms with Crippen molar-refractivity contribution in [3.63, 3.8) is 0 Å². The maximum Gasteiger partial charge on any atom is 0.276 e. The van der Waals surface area contributed by atoms with Crippen LogP contribution in [0.25, 0.3) is 10.9 Å². The lowest BCUT2D eigenvalue weighted by atomic mass is 10.1. The van der Waals surface area contributed by atoms with E-state index in [9.17, 15) is 4.79 Å². The van der Waals surface area contributed by atoms with E-state index < -0.39 is 5.91 Å². The number of hydrogen-bond donors (Lipinski definition) is 2. The van der Waals surface area contributed by atoms with Gasteiger partial charge >= 0.3 is 0 Å². The van der Waals surface area contributed by atoms with E-state index in [2.05, 4.69) is 4.98 Å². The molecule has 4 nitrogen and oxygen atoms in total. The van der Waals surface area contributed by atoms with Gasteiger partial charge in [-0.3, -0.25) is 15.0 Å². The first kappa shape index (κ1) is 9.61. The van der Waals surface area contributed by atoms with Gasteiger partial charge < -0.3 is 0 Å². The van der Waals surface area contributed by atoms with E-state index in [0.717, 1.165) is 10.9 Å². The first-order chi connectivity index (χ1) is 7.24. The lowest BCUT2D eigenvalue weighted by Gasteiger charge is -2.05. The molecule has 76 valence electrons. The van der Waals surface area contributed by atoms with Gasteiger partial charge in [0.05, 0.1) is 11.1 Å². The van der Waals surface area contributed by atoms with E-state index >= 15 is 0 Å². The number of carbonyl (C=O) groups is 1. The summed E-state index contributed by atoms with van der Waals surface area (Å²) in [7, 11) is 0. The van der Waals surface area contributed by atoms with E-state index in [1.165, 1.54) is 0 Å². The number of rotatable bonds is 1. The lowest BCUT2D eigenvalue weighted by Crippen LogP contribution is -2.19. The molecular formula is C11H10N2O2. The Kier molecular flexibility index (Phi) is 2.35. The summed E-state index contributed by atoms with van der Waals surface area (Å²) in [6.45, 7) is 1.95. The number of nitrogens with one attached hydrogen (secondary N) is 1. The molecule has 0 saturated heterocycles. The summed E-state index contributed by atoms with van der Waals surface area (Å²) < 4.78 is 0. The summed E-state index contributed by atoms with van der Waals surface area (Å²) in [6.07, 6.45) is 1.64. The minimum Gasteiger partial charge on any atom is -0.288 e. The van der Waals surface area contributed by atoms with Crippen LogP contribution in [-0.2, 0) is 0 Å². The number of hydrogen-bond acceptors (Lipinski definition) is 3. The van der Waals surface area contributed by atoms with Crippen molar-refractivity contribution in [2.45, 2.75) is 6.92 Å². The van der Waals surface area contributed by atoms with Crippen LogP contribution in [0.5, 0.6) is 0 Å². The molecular weight excluding hydrogens is 192 g/mol. The number of pyridine rings is 1. The summed E-state index contributed by atoms with van der Waals surface area (Å²) in [5.74, 6) is -0.543. The SMILES string of the molecule is Cc1ccnc2c(C(=O)NO)cccc12. The van der Waals surface area contributed by atoms with Crippen LogP contribution in [0.2, 0.25) is 0 Å². The Balaban J connectivity index is 2.77. The molecule has 4 heteroatoms. The molecule has 0 aliphatic heterocycles. The number of hydroxylamine groups is 1. The third-order valence-corrected chi connectivity index (χ3v) is 2.34. The van der Waals surface area contributed by atoms with E-state index in [-0.39, 0.29) is 0 Å². The highest BCUT2D eigenvalue weighted by Crippen LogP contribution is 2.19. The van der Waals surface area contributed by atoms with Crippen LogP contribution in [-0.4, -0.2) is 16.1 Å². The Morgan fingerprint density at radius 1 is 1.40 bits per heavy atom. The molecule has 0 aliphatic carbocycles. The molecule has 0 saturated carbocycles. The summed E-state index contributed by atoms with van der Waals surface area (Å²) >= 11 is 0. The minimum atomic E-state index is -0.543. The van der Waals surface area contributed by atoms with Crippen LogP contribution in [0.15, 0.2) is 30.5 Å². The fraction of sp³-hybridized carbons (Fsp3) is 0.0909. The minimum absolute atomic E-state index is 0.374. The van der Waals surface area contributed by atoms with E-state index in [1.807, 2.05) is 19.1 Å². The van der Waals surface area contributed by atoms with Crippen LogP contribution in [0, 0.1) is 6.92 Å². The monoisotopic (exact) mass is 202 g/mol. The van der Waals surface area contributed by atoms with Crippen LogP contribution < -0.4 is 5.48 Å². The highest BCUT2D eigenvalue weighted by Gasteiger charge is 2.10. The summed E-state index contributed by atoms with van der Waals surface area (Å²) in [5, 5.41) is 9.51. The van der Waals surface area contributed by atoms with Crippen molar-refractivity contribution in [1.29, 1.82) is 0 Å². The highest BCUT2D eigenvalue weighted by molar-refractivity contribution is 6.05. The van der Waals surface area contributed by atoms with Crippen molar-refractivity contribution in [2.75, 3.05) is 0 Å². The third kappa shape index (κ3) is 1.55. The average Bonchev–Trinajstić information content (AvgIpc) is 2.28. The van der Waals surface area contributed by atoms with Gasteiger partial charge in [-0.05, 0) is 24.6 Å². The number of carbonyl (C=O) groups excluding carboxylic acids is 1. The molecule has 0 radical (unpaired) electrons. The Bertz CT molecular complexity index is 523. The zero-order valence-electron chi connectivity index (χ0n) is 8.19. The Labute approximate surface area is 86.5 Å². The summed E-state index contributed by atoms with van der Waals surface area (Å²) in [5.41, 5.74) is 3.64. The first-order valence-corrected chi connectivity index (χ1v) is 4.53. The molecule has 0 unspecified atom stereocenters. The van der Waals surface area contributed by atoms with Gasteiger partial charge in [0.2, 0.25) is 0 Å². The molecule has 0 aliphatic rings. The molecule has 0 bridgehead atoms. The zero-order valence-corrected chi connectivity index (χ0v) is 8.19. The van der Waals surface area contributed by atoms with Gasteiger partial charge in [-0.15, -0.1) is 0 Å². The van der Waals surface area contributed by atoms with Crippen LogP contribution in [0.3, 0.4) is 0 Å². The number of benzene rings is 1. The van der Waals surface area contributed by atoms with Gasteiger partial charge in [-0.25, -0.2) is 5.48 Å². The largest absolute Gasteiger partial charge is 0.288 e. The van der Waals surface area contributed by atoms with Gasteiger partial charge in [-0.2, -0.15) is 0 Å². The fourth-order valence-electron chi connectivity index (χ4n) is 1.56. The number of aryl methyl sites for hydroxylation is 1. The van der Waals surface area contributed by atoms with Gasteiger partial charge in [0.1, 0.15) is 0 Å². The smallest absolute Gasteiger partial charge is 0.276 e. The number of amides is 1. The Hall–Kier alpha value is -1.94. The van der Waals surface area contributed by atoms with Crippen molar-refractivity contribution in [2.24, 2.45) is 0 Å². The topological polar surface area (TPSA) is 62.2 Å². The Morgan fingerprint density at radius 2 is 2.20 bits per heavy atom. The molecule has 1 heterocycles. The summed E-state index contributed by atoms with van der Waals surface area (Å²) in [4.78, 5) is 15.5. The Morgan fingerprint density at radius 3 is 2.93 bits per heavy atom. The predicted molar refractivity (Wildman–Crippen MR) is 55.7 cm³/mol. The predicted octanol–water partition coefficient (Wildman–Crippen LogP) is 1.66. The number of nitrogens with zero attached hydrogens (tertiary/aromatic N) is 1.